The third-order valence-corrected chi connectivity index (χ3v) is 5.95. The van der Waals surface area contributed by atoms with Crippen molar-refractivity contribution < 1.29 is 4.79 Å². The van der Waals surface area contributed by atoms with Gasteiger partial charge in [0.2, 0.25) is 0 Å². The Balaban J connectivity index is 1.43. The Bertz CT molecular complexity index is 816. The van der Waals surface area contributed by atoms with Gasteiger partial charge in [-0.1, -0.05) is 12.8 Å². The molecule has 1 N–H and O–H groups in total. The highest BCUT2D eigenvalue weighted by Crippen LogP contribution is 2.40. The molecule has 1 amide bonds. The third kappa shape index (κ3) is 4.37. The van der Waals surface area contributed by atoms with E-state index in [1.165, 1.54) is 51.6 Å². The Hall–Kier alpha value is -1.95. The van der Waals surface area contributed by atoms with Crippen molar-refractivity contribution in [1.82, 2.24) is 25.0 Å². The van der Waals surface area contributed by atoms with Gasteiger partial charge in [0.25, 0.3) is 5.91 Å². The van der Waals surface area contributed by atoms with E-state index in [2.05, 4.69) is 29.2 Å². The molecule has 1 aliphatic heterocycles. The van der Waals surface area contributed by atoms with Gasteiger partial charge in [0.05, 0.1) is 17.1 Å². The lowest BCUT2D eigenvalue weighted by Gasteiger charge is -2.19. The molecule has 0 atom stereocenters. The van der Waals surface area contributed by atoms with E-state index in [4.69, 9.17) is 4.98 Å². The fourth-order valence-electron chi connectivity index (χ4n) is 4.15. The molecule has 2 aromatic heterocycles. The Morgan fingerprint density at radius 2 is 1.96 bits per heavy atom. The van der Waals surface area contributed by atoms with E-state index >= 15 is 0 Å². The Kier molecular flexibility index (Phi) is 5.95. The first-order chi connectivity index (χ1) is 13.6. The molecule has 0 unspecified atom stereocenters. The molecule has 1 saturated carbocycles. The molecule has 1 saturated heterocycles. The van der Waals surface area contributed by atoms with E-state index in [9.17, 15) is 4.79 Å². The highest BCUT2D eigenvalue weighted by Gasteiger charge is 2.28. The van der Waals surface area contributed by atoms with Crippen LogP contribution >= 0.6 is 0 Å². The van der Waals surface area contributed by atoms with E-state index in [1.807, 2.05) is 10.7 Å². The molecule has 1 aliphatic carbocycles. The van der Waals surface area contributed by atoms with E-state index in [0.29, 0.717) is 5.92 Å². The van der Waals surface area contributed by atoms with Gasteiger partial charge in [-0.15, -0.1) is 0 Å². The van der Waals surface area contributed by atoms with Crippen molar-refractivity contribution >= 4 is 16.9 Å². The summed E-state index contributed by atoms with van der Waals surface area (Å²) in [5, 5.41) is 8.50. The lowest BCUT2D eigenvalue weighted by atomic mass is 10.1. The zero-order chi connectivity index (χ0) is 19.5. The van der Waals surface area contributed by atoms with Gasteiger partial charge in [-0.3, -0.25) is 4.79 Å². The van der Waals surface area contributed by atoms with Crippen LogP contribution in [-0.2, 0) is 0 Å². The molecule has 0 spiro atoms. The SMILES string of the molecule is CC(C)n1ncc2c(C(=O)NCCCN3CCCCCC3)cc(C3CC3)nc21. The highest BCUT2D eigenvalue weighted by atomic mass is 16.1. The second-order valence-electron chi connectivity index (χ2n) is 8.65. The van der Waals surface area contributed by atoms with Gasteiger partial charge in [-0.05, 0) is 71.7 Å². The first-order valence-electron chi connectivity index (χ1n) is 11.0. The molecule has 3 heterocycles. The summed E-state index contributed by atoms with van der Waals surface area (Å²) in [5.41, 5.74) is 2.62. The van der Waals surface area contributed by atoms with Gasteiger partial charge in [0.1, 0.15) is 0 Å². The minimum atomic E-state index is 0.00784. The molecule has 0 bridgehead atoms. The first-order valence-corrected chi connectivity index (χ1v) is 11.0. The van der Waals surface area contributed by atoms with Gasteiger partial charge in [-0.2, -0.15) is 5.10 Å². The molecular formula is C22H33N5O. The van der Waals surface area contributed by atoms with Crippen LogP contribution in [0.1, 0.15) is 86.8 Å². The predicted octanol–water partition coefficient (Wildman–Crippen LogP) is 3.89. The van der Waals surface area contributed by atoms with Crippen LogP contribution in [0.3, 0.4) is 0 Å². The van der Waals surface area contributed by atoms with Crippen LogP contribution in [0.4, 0.5) is 0 Å². The van der Waals surface area contributed by atoms with Crippen LogP contribution in [0, 0.1) is 0 Å². The monoisotopic (exact) mass is 383 g/mol. The number of carbonyl (C=O) groups excluding carboxylic acids is 1. The van der Waals surface area contributed by atoms with Gasteiger partial charge in [0.15, 0.2) is 5.65 Å². The van der Waals surface area contributed by atoms with Crippen molar-refractivity contribution in [3.8, 4) is 0 Å². The molecule has 0 aromatic carbocycles. The maximum absolute atomic E-state index is 12.9. The summed E-state index contributed by atoms with van der Waals surface area (Å²) in [6.07, 6.45) is 10.5. The fourth-order valence-corrected chi connectivity index (χ4v) is 4.15. The van der Waals surface area contributed by atoms with Crippen LogP contribution in [0.15, 0.2) is 12.3 Å². The summed E-state index contributed by atoms with van der Waals surface area (Å²) in [7, 11) is 0. The zero-order valence-electron chi connectivity index (χ0n) is 17.3. The summed E-state index contributed by atoms with van der Waals surface area (Å²) in [6, 6.07) is 2.22. The molecule has 4 rings (SSSR count). The van der Waals surface area contributed by atoms with Gasteiger partial charge in [0, 0.05) is 24.2 Å². The molecule has 152 valence electrons. The second kappa shape index (κ2) is 8.60. The fraction of sp³-hybridized carbons (Fsp3) is 0.682. The van der Waals surface area contributed by atoms with Crippen LogP contribution in [0.5, 0.6) is 0 Å². The van der Waals surface area contributed by atoms with Crippen LogP contribution < -0.4 is 5.32 Å². The average molecular weight is 384 g/mol. The molecule has 28 heavy (non-hydrogen) atoms. The van der Waals surface area contributed by atoms with E-state index in [-0.39, 0.29) is 11.9 Å². The van der Waals surface area contributed by atoms with E-state index in [1.54, 1.807) is 6.20 Å². The third-order valence-electron chi connectivity index (χ3n) is 5.95. The Morgan fingerprint density at radius 1 is 1.21 bits per heavy atom. The largest absolute Gasteiger partial charge is 0.352 e. The van der Waals surface area contributed by atoms with E-state index in [0.717, 1.165) is 41.8 Å². The zero-order valence-corrected chi connectivity index (χ0v) is 17.3. The molecule has 6 heteroatoms. The molecular weight excluding hydrogens is 350 g/mol. The van der Waals surface area contributed by atoms with Crippen LogP contribution in [0.25, 0.3) is 11.0 Å². The Labute approximate surface area is 167 Å². The summed E-state index contributed by atoms with van der Waals surface area (Å²) >= 11 is 0. The number of hydrogen-bond donors (Lipinski definition) is 1. The van der Waals surface area contributed by atoms with Crippen molar-refractivity contribution in [3.63, 3.8) is 0 Å². The van der Waals surface area contributed by atoms with Gasteiger partial charge < -0.3 is 10.2 Å². The van der Waals surface area contributed by atoms with Crippen LogP contribution in [0.2, 0.25) is 0 Å². The van der Waals surface area contributed by atoms with Crippen molar-refractivity contribution in [2.24, 2.45) is 0 Å². The summed E-state index contributed by atoms with van der Waals surface area (Å²) in [6.45, 7) is 8.40. The number of amides is 1. The standard InChI is InChI=1S/C22H33N5O/c1-16(2)27-21-19(15-24-27)18(14-20(25-21)17-8-9-17)22(28)23-10-7-13-26-11-5-3-4-6-12-26/h14-17H,3-13H2,1-2H3,(H,23,28). The Morgan fingerprint density at radius 3 is 2.64 bits per heavy atom. The van der Waals surface area contributed by atoms with Crippen molar-refractivity contribution in [3.05, 3.63) is 23.5 Å². The summed E-state index contributed by atoms with van der Waals surface area (Å²) in [5.74, 6) is 0.517. The average Bonchev–Trinajstić information content (AvgIpc) is 3.48. The van der Waals surface area contributed by atoms with Crippen molar-refractivity contribution in [1.29, 1.82) is 0 Å². The highest BCUT2D eigenvalue weighted by molar-refractivity contribution is 6.05. The number of nitrogens with zero attached hydrogens (tertiary/aromatic N) is 4. The molecule has 2 aliphatic rings. The van der Waals surface area contributed by atoms with E-state index < -0.39 is 0 Å². The number of aromatic nitrogens is 3. The smallest absolute Gasteiger partial charge is 0.252 e. The molecule has 2 fully saturated rings. The maximum atomic E-state index is 12.9. The maximum Gasteiger partial charge on any atom is 0.252 e. The summed E-state index contributed by atoms with van der Waals surface area (Å²) in [4.78, 5) is 20.3. The van der Waals surface area contributed by atoms with Crippen LogP contribution in [-0.4, -0.2) is 51.8 Å². The molecule has 0 radical (unpaired) electrons. The topological polar surface area (TPSA) is 63.1 Å². The van der Waals surface area contributed by atoms with Gasteiger partial charge in [-0.25, -0.2) is 9.67 Å². The molecule has 2 aromatic rings. The minimum Gasteiger partial charge on any atom is -0.352 e. The number of fused-ring (bicyclic) bond motifs is 1. The number of hydrogen-bond acceptors (Lipinski definition) is 4. The normalized spacial score (nSPS) is 18.5. The quantitative estimate of drug-likeness (QED) is 0.737. The second-order valence-corrected chi connectivity index (χ2v) is 8.65. The number of carbonyl (C=O) groups is 1. The molecule has 6 nitrogen and oxygen atoms in total. The predicted molar refractivity (Wildman–Crippen MR) is 112 cm³/mol. The lowest BCUT2D eigenvalue weighted by Crippen LogP contribution is -2.30. The summed E-state index contributed by atoms with van der Waals surface area (Å²) < 4.78 is 1.93. The number of likely N-dealkylation sites (tertiary alicyclic amines) is 1. The van der Waals surface area contributed by atoms with Gasteiger partial charge >= 0.3 is 0 Å². The first kappa shape index (κ1) is 19.4. The number of rotatable bonds is 7. The lowest BCUT2D eigenvalue weighted by molar-refractivity contribution is 0.0953. The van der Waals surface area contributed by atoms with Crippen molar-refractivity contribution in [2.45, 2.75) is 70.8 Å². The number of nitrogens with one attached hydrogen (secondary N) is 1. The number of pyridine rings is 1. The minimum absolute atomic E-state index is 0.00784. The van der Waals surface area contributed by atoms with Crippen molar-refractivity contribution in [2.75, 3.05) is 26.2 Å².